The zero-order valence-corrected chi connectivity index (χ0v) is 14.1. The Hall–Kier alpha value is -2.27. The van der Waals surface area contributed by atoms with Gasteiger partial charge in [0.05, 0.1) is 5.92 Å². The fourth-order valence-corrected chi connectivity index (χ4v) is 2.87. The molecule has 2 N–H and O–H groups in total. The Morgan fingerprint density at radius 2 is 2.04 bits per heavy atom. The topological polar surface area (TPSA) is 64.8 Å². The summed E-state index contributed by atoms with van der Waals surface area (Å²) < 4.78 is 11.4. The van der Waals surface area contributed by atoms with Crippen LogP contribution in [0.1, 0.15) is 18.4 Å². The second-order valence-corrected chi connectivity index (χ2v) is 5.95. The third-order valence-corrected chi connectivity index (χ3v) is 4.06. The minimum Gasteiger partial charge on any atom is -0.489 e. The van der Waals surface area contributed by atoms with E-state index >= 15 is 0 Å². The summed E-state index contributed by atoms with van der Waals surface area (Å²) >= 11 is 0. The number of benzene rings is 1. The van der Waals surface area contributed by atoms with Crippen LogP contribution in [0.2, 0.25) is 0 Å². The first-order valence-electron chi connectivity index (χ1n) is 8.26. The smallest absolute Gasteiger partial charge is 0.221 e. The molecule has 1 amide bonds. The maximum absolute atomic E-state index is 11.4. The molecule has 1 aliphatic heterocycles. The standard InChI is InChI=1S/C19H26N2O3/c1-3-10-23-17-8-7-15(18(12-17)24-11-4-2)13-21-9-5-6-16(14-21)19(20)22/h3-4,7-8,12,16H,1-2,5-6,9-11,13-14H2,(H2,20,22)/t16-/m0/s1. The van der Waals surface area contributed by atoms with Crippen LogP contribution in [-0.2, 0) is 11.3 Å². The van der Waals surface area contributed by atoms with E-state index in [4.69, 9.17) is 15.2 Å². The Bertz CT molecular complexity index is 586. The van der Waals surface area contributed by atoms with Crippen molar-refractivity contribution in [3.05, 3.63) is 49.1 Å². The van der Waals surface area contributed by atoms with E-state index in [-0.39, 0.29) is 11.8 Å². The summed E-state index contributed by atoms with van der Waals surface area (Å²) in [4.78, 5) is 13.7. The largest absolute Gasteiger partial charge is 0.489 e. The van der Waals surface area contributed by atoms with Crippen molar-refractivity contribution >= 4 is 5.91 Å². The molecule has 1 aromatic rings. The lowest BCUT2D eigenvalue weighted by molar-refractivity contribution is -0.123. The van der Waals surface area contributed by atoms with Crippen molar-refractivity contribution in [1.82, 2.24) is 4.90 Å². The van der Waals surface area contributed by atoms with Crippen LogP contribution in [0.3, 0.4) is 0 Å². The molecule has 5 nitrogen and oxygen atoms in total. The maximum Gasteiger partial charge on any atom is 0.221 e. The lowest BCUT2D eigenvalue weighted by Crippen LogP contribution is -2.40. The van der Waals surface area contributed by atoms with E-state index in [9.17, 15) is 4.79 Å². The Labute approximate surface area is 143 Å². The van der Waals surface area contributed by atoms with Crippen molar-refractivity contribution in [3.8, 4) is 11.5 Å². The number of ether oxygens (including phenoxy) is 2. The first kappa shape index (κ1) is 18.1. The summed E-state index contributed by atoms with van der Waals surface area (Å²) in [6.07, 6.45) is 5.28. The molecule has 1 fully saturated rings. The van der Waals surface area contributed by atoms with Crippen LogP contribution >= 0.6 is 0 Å². The summed E-state index contributed by atoms with van der Waals surface area (Å²) in [5, 5.41) is 0. The SMILES string of the molecule is C=CCOc1ccc(CN2CCC[C@H](C(N)=O)C2)c(OCC=C)c1. The number of rotatable bonds is 9. The van der Waals surface area contributed by atoms with E-state index in [1.54, 1.807) is 12.2 Å². The number of hydrogen-bond acceptors (Lipinski definition) is 4. The molecular weight excluding hydrogens is 304 g/mol. The van der Waals surface area contributed by atoms with Crippen LogP contribution in [0.4, 0.5) is 0 Å². The molecule has 1 saturated heterocycles. The predicted octanol–water partition coefficient (Wildman–Crippen LogP) is 2.51. The summed E-state index contributed by atoms with van der Waals surface area (Å²) in [7, 11) is 0. The molecule has 0 aromatic heterocycles. The van der Waals surface area contributed by atoms with Gasteiger partial charge in [0, 0.05) is 24.7 Å². The van der Waals surface area contributed by atoms with Gasteiger partial charge in [-0.25, -0.2) is 0 Å². The fraction of sp³-hybridized carbons (Fsp3) is 0.421. The Morgan fingerprint density at radius 1 is 1.29 bits per heavy atom. The molecular formula is C19H26N2O3. The van der Waals surface area contributed by atoms with Crippen molar-refractivity contribution in [2.24, 2.45) is 11.7 Å². The molecule has 0 spiro atoms. The van der Waals surface area contributed by atoms with E-state index in [0.717, 1.165) is 43.0 Å². The number of nitrogens with two attached hydrogens (primary N) is 1. The summed E-state index contributed by atoms with van der Waals surface area (Å²) in [5.74, 6) is 1.24. The van der Waals surface area contributed by atoms with Crippen molar-refractivity contribution in [1.29, 1.82) is 0 Å². The van der Waals surface area contributed by atoms with E-state index < -0.39 is 0 Å². The number of nitrogens with zero attached hydrogens (tertiary/aromatic N) is 1. The van der Waals surface area contributed by atoms with Gasteiger partial charge in [-0.05, 0) is 25.5 Å². The van der Waals surface area contributed by atoms with Crippen molar-refractivity contribution < 1.29 is 14.3 Å². The lowest BCUT2D eigenvalue weighted by atomic mass is 9.97. The quantitative estimate of drug-likeness (QED) is 0.707. The summed E-state index contributed by atoms with van der Waals surface area (Å²) in [5.41, 5.74) is 6.52. The van der Waals surface area contributed by atoms with Gasteiger partial charge < -0.3 is 15.2 Å². The average Bonchev–Trinajstić information content (AvgIpc) is 2.59. The zero-order valence-electron chi connectivity index (χ0n) is 14.1. The molecule has 0 aliphatic carbocycles. The minimum atomic E-state index is -0.212. The highest BCUT2D eigenvalue weighted by molar-refractivity contribution is 5.76. The number of likely N-dealkylation sites (tertiary alicyclic amines) is 1. The molecule has 24 heavy (non-hydrogen) atoms. The second-order valence-electron chi connectivity index (χ2n) is 5.95. The Balaban J connectivity index is 2.10. The van der Waals surface area contributed by atoms with Crippen LogP contribution in [0, 0.1) is 5.92 Å². The highest BCUT2D eigenvalue weighted by Gasteiger charge is 2.24. The first-order valence-corrected chi connectivity index (χ1v) is 8.26. The molecule has 1 aromatic carbocycles. The fourth-order valence-electron chi connectivity index (χ4n) is 2.87. The van der Waals surface area contributed by atoms with Gasteiger partial charge in [0.2, 0.25) is 5.91 Å². The molecule has 1 aliphatic rings. The monoisotopic (exact) mass is 330 g/mol. The van der Waals surface area contributed by atoms with Gasteiger partial charge in [-0.3, -0.25) is 9.69 Å². The van der Waals surface area contributed by atoms with Gasteiger partial charge in [0.25, 0.3) is 0 Å². The van der Waals surface area contributed by atoms with Gasteiger partial charge in [-0.15, -0.1) is 0 Å². The molecule has 2 rings (SSSR count). The number of primary amides is 1. The third-order valence-electron chi connectivity index (χ3n) is 4.06. The zero-order chi connectivity index (χ0) is 17.4. The molecule has 0 unspecified atom stereocenters. The molecule has 0 saturated carbocycles. The van der Waals surface area contributed by atoms with Gasteiger partial charge in [0.1, 0.15) is 24.7 Å². The molecule has 1 atom stereocenters. The van der Waals surface area contributed by atoms with Gasteiger partial charge in [-0.1, -0.05) is 31.4 Å². The number of amides is 1. The van der Waals surface area contributed by atoms with Crippen LogP contribution in [-0.4, -0.2) is 37.1 Å². The number of piperidine rings is 1. The number of carbonyl (C=O) groups excluding carboxylic acids is 1. The van der Waals surface area contributed by atoms with Crippen molar-refractivity contribution in [2.45, 2.75) is 19.4 Å². The predicted molar refractivity (Wildman–Crippen MR) is 95.0 cm³/mol. The van der Waals surface area contributed by atoms with Gasteiger partial charge in [0.15, 0.2) is 0 Å². The van der Waals surface area contributed by atoms with E-state index in [2.05, 4.69) is 18.1 Å². The maximum atomic E-state index is 11.4. The molecule has 0 bridgehead atoms. The Kier molecular flexibility index (Phi) is 6.88. The van der Waals surface area contributed by atoms with Crippen LogP contribution < -0.4 is 15.2 Å². The van der Waals surface area contributed by atoms with Gasteiger partial charge in [-0.2, -0.15) is 0 Å². The van der Waals surface area contributed by atoms with Crippen LogP contribution in [0.5, 0.6) is 11.5 Å². The molecule has 0 radical (unpaired) electrons. The van der Waals surface area contributed by atoms with Crippen LogP contribution in [0.25, 0.3) is 0 Å². The normalized spacial score (nSPS) is 17.9. The van der Waals surface area contributed by atoms with Crippen molar-refractivity contribution in [3.63, 3.8) is 0 Å². The van der Waals surface area contributed by atoms with Gasteiger partial charge >= 0.3 is 0 Å². The van der Waals surface area contributed by atoms with E-state index in [1.807, 2.05) is 18.2 Å². The van der Waals surface area contributed by atoms with Crippen LogP contribution in [0.15, 0.2) is 43.5 Å². The summed E-state index contributed by atoms with van der Waals surface area (Å²) in [6, 6.07) is 5.82. The highest BCUT2D eigenvalue weighted by Crippen LogP contribution is 2.28. The highest BCUT2D eigenvalue weighted by atomic mass is 16.5. The number of carbonyl (C=O) groups is 1. The minimum absolute atomic E-state index is 0.0634. The molecule has 130 valence electrons. The van der Waals surface area contributed by atoms with Crippen molar-refractivity contribution in [2.75, 3.05) is 26.3 Å². The summed E-state index contributed by atoms with van der Waals surface area (Å²) in [6.45, 7) is 10.6. The van der Waals surface area contributed by atoms with E-state index in [1.165, 1.54) is 0 Å². The first-order chi connectivity index (χ1) is 11.6. The second kappa shape index (κ2) is 9.13. The molecule has 5 heteroatoms. The Morgan fingerprint density at radius 3 is 2.75 bits per heavy atom. The number of hydrogen-bond donors (Lipinski definition) is 1. The average molecular weight is 330 g/mol. The molecule has 1 heterocycles. The third kappa shape index (κ3) is 5.13. The van der Waals surface area contributed by atoms with E-state index in [0.29, 0.717) is 19.8 Å². The lowest BCUT2D eigenvalue weighted by Gasteiger charge is -2.31.